The molecule has 6 nitrogen and oxygen atoms in total. The summed E-state index contributed by atoms with van der Waals surface area (Å²) >= 11 is 0. The predicted octanol–water partition coefficient (Wildman–Crippen LogP) is 3.60. The molecule has 7 heteroatoms. The molecule has 1 aliphatic rings. The second-order valence-electron chi connectivity index (χ2n) is 8.38. The fourth-order valence-corrected chi connectivity index (χ4v) is 4.97. The first-order valence-electron chi connectivity index (χ1n) is 10.8. The van der Waals surface area contributed by atoms with E-state index in [1.807, 2.05) is 37.8 Å². The van der Waals surface area contributed by atoms with Crippen molar-refractivity contribution in [3.8, 4) is 5.75 Å². The number of benzene rings is 2. The second-order valence-corrected chi connectivity index (χ2v) is 10.1. The molecule has 1 fully saturated rings. The van der Waals surface area contributed by atoms with Gasteiger partial charge in [-0.25, -0.2) is 13.1 Å². The van der Waals surface area contributed by atoms with E-state index >= 15 is 0 Å². The Bertz CT molecular complexity index is 1000. The third-order valence-electron chi connectivity index (χ3n) is 5.67. The Morgan fingerprint density at radius 2 is 1.81 bits per heavy atom. The lowest BCUT2D eigenvalue weighted by Crippen LogP contribution is -2.44. The van der Waals surface area contributed by atoms with Crippen LogP contribution in [0.15, 0.2) is 47.4 Å². The van der Waals surface area contributed by atoms with Gasteiger partial charge in [0.05, 0.1) is 17.9 Å². The van der Waals surface area contributed by atoms with Crippen molar-refractivity contribution in [2.24, 2.45) is 5.92 Å². The van der Waals surface area contributed by atoms with E-state index in [-0.39, 0.29) is 16.7 Å². The van der Waals surface area contributed by atoms with E-state index in [2.05, 4.69) is 10.8 Å². The van der Waals surface area contributed by atoms with E-state index in [0.29, 0.717) is 32.7 Å². The Morgan fingerprint density at radius 1 is 1.10 bits per heavy atom. The van der Waals surface area contributed by atoms with Crippen LogP contribution in [-0.4, -0.2) is 45.5 Å². The van der Waals surface area contributed by atoms with Gasteiger partial charge in [0.1, 0.15) is 5.75 Å². The molecule has 2 aromatic carbocycles. The number of ether oxygens (including phenoxy) is 1. The molecule has 1 atom stereocenters. The molecule has 168 valence electrons. The van der Waals surface area contributed by atoms with Crippen molar-refractivity contribution < 1.29 is 17.9 Å². The fourth-order valence-electron chi connectivity index (χ4n) is 3.85. The number of carbonyl (C=O) groups excluding carboxylic acids is 1. The smallest absolute Gasteiger partial charge is 0.240 e. The number of sulfonamides is 1. The van der Waals surface area contributed by atoms with Crippen LogP contribution in [0.25, 0.3) is 0 Å². The van der Waals surface area contributed by atoms with Gasteiger partial charge in [-0.15, -0.1) is 0 Å². The first kappa shape index (κ1) is 23.3. The first-order valence-corrected chi connectivity index (χ1v) is 12.3. The maximum atomic E-state index is 12.6. The van der Waals surface area contributed by atoms with Crippen LogP contribution >= 0.6 is 0 Å². The van der Waals surface area contributed by atoms with Crippen molar-refractivity contribution in [3.05, 3.63) is 59.2 Å². The minimum Gasteiger partial charge on any atom is -0.493 e. The molecule has 0 radical (unpaired) electrons. The summed E-state index contributed by atoms with van der Waals surface area (Å²) < 4.78 is 33.5. The molecule has 0 spiro atoms. The first-order chi connectivity index (χ1) is 14.7. The molecule has 3 rings (SSSR count). The van der Waals surface area contributed by atoms with Gasteiger partial charge in [0.25, 0.3) is 0 Å². The number of carbonyl (C=O) groups is 1. The Morgan fingerprint density at radius 3 is 2.52 bits per heavy atom. The minimum atomic E-state index is -3.54. The standard InChI is InChI=1S/C24H32N2O4S/c1-18-6-9-22(10-7-18)31(28,29)25-16-21-5-4-13-26(17-21)24(27)12-14-30-23-11-8-19(2)15-20(23)3/h6-11,15,21,25H,4-5,12-14,16-17H2,1-3H3. The van der Waals surface area contributed by atoms with E-state index in [1.54, 1.807) is 24.3 Å². The van der Waals surface area contributed by atoms with Gasteiger partial charge in [0.2, 0.25) is 15.9 Å². The maximum Gasteiger partial charge on any atom is 0.240 e. The number of rotatable bonds is 8. The molecular formula is C24H32N2O4S. The largest absolute Gasteiger partial charge is 0.493 e. The summed E-state index contributed by atoms with van der Waals surface area (Å²) in [5, 5.41) is 0. The van der Waals surface area contributed by atoms with E-state index < -0.39 is 10.0 Å². The van der Waals surface area contributed by atoms with Crippen LogP contribution in [0.5, 0.6) is 5.75 Å². The van der Waals surface area contributed by atoms with Gasteiger partial charge < -0.3 is 9.64 Å². The molecule has 1 saturated heterocycles. The summed E-state index contributed by atoms with van der Waals surface area (Å²) in [7, 11) is -3.54. The van der Waals surface area contributed by atoms with Gasteiger partial charge in [0.15, 0.2) is 0 Å². The van der Waals surface area contributed by atoms with Crippen LogP contribution in [0, 0.1) is 26.7 Å². The summed E-state index contributed by atoms with van der Waals surface area (Å²) in [6.45, 7) is 7.90. The lowest BCUT2D eigenvalue weighted by Gasteiger charge is -2.33. The van der Waals surface area contributed by atoms with Gasteiger partial charge >= 0.3 is 0 Å². The highest BCUT2D eigenvalue weighted by Gasteiger charge is 2.25. The van der Waals surface area contributed by atoms with E-state index in [0.717, 1.165) is 29.7 Å². The fraction of sp³-hybridized carbons (Fsp3) is 0.458. The highest BCUT2D eigenvalue weighted by Crippen LogP contribution is 2.20. The van der Waals surface area contributed by atoms with Crippen LogP contribution in [-0.2, 0) is 14.8 Å². The van der Waals surface area contributed by atoms with Crippen molar-refractivity contribution in [1.82, 2.24) is 9.62 Å². The average Bonchev–Trinajstić information content (AvgIpc) is 2.74. The molecule has 1 heterocycles. The molecule has 1 N–H and O–H groups in total. The van der Waals surface area contributed by atoms with Crippen molar-refractivity contribution in [2.45, 2.75) is 44.9 Å². The number of hydrogen-bond donors (Lipinski definition) is 1. The predicted molar refractivity (Wildman–Crippen MR) is 122 cm³/mol. The van der Waals surface area contributed by atoms with Crippen LogP contribution in [0.2, 0.25) is 0 Å². The topological polar surface area (TPSA) is 75.7 Å². The van der Waals surface area contributed by atoms with Crippen molar-refractivity contribution in [3.63, 3.8) is 0 Å². The molecule has 2 aromatic rings. The molecule has 1 unspecified atom stereocenters. The molecule has 1 aliphatic heterocycles. The Hall–Kier alpha value is -2.38. The monoisotopic (exact) mass is 444 g/mol. The second kappa shape index (κ2) is 10.3. The molecule has 0 bridgehead atoms. The lowest BCUT2D eigenvalue weighted by atomic mass is 9.98. The highest BCUT2D eigenvalue weighted by molar-refractivity contribution is 7.89. The summed E-state index contributed by atoms with van der Waals surface area (Å²) in [5.41, 5.74) is 3.26. The zero-order valence-electron chi connectivity index (χ0n) is 18.6. The number of hydrogen-bond acceptors (Lipinski definition) is 4. The maximum absolute atomic E-state index is 12.6. The van der Waals surface area contributed by atoms with Gasteiger partial charge in [0, 0.05) is 19.6 Å². The van der Waals surface area contributed by atoms with Gasteiger partial charge in [-0.05, 0) is 63.3 Å². The van der Waals surface area contributed by atoms with Crippen molar-refractivity contribution in [1.29, 1.82) is 0 Å². The quantitative estimate of drug-likeness (QED) is 0.675. The van der Waals surface area contributed by atoms with Gasteiger partial charge in [-0.2, -0.15) is 0 Å². The Labute approximate surface area is 185 Å². The molecular weight excluding hydrogens is 412 g/mol. The Kier molecular flexibility index (Phi) is 7.73. The molecule has 31 heavy (non-hydrogen) atoms. The minimum absolute atomic E-state index is 0.0517. The van der Waals surface area contributed by atoms with Crippen molar-refractivity contribution >= 4 is 15.9 Å². The van der Waals surface area contributed by atoms with Gasteiger partial charge in [-0.1, -0.05) is 35.4 Å². The number of nitrogens with one attached hydrogen (secondary N) is 1. The van der Waals surface area contributed by atoms with Crippen LogP contribution in [0.4, 0.5) is 0 Å². The van der Waals surface area contributed by atoms with E-state index in [9.17, 15) is 13.2 Å². The average molecular weight is 445 g/mol. The third kappa shape index (κ3) is 6.55. The van der Waals surface area contributed by atoms with Crippen LogP contribution in [0.1, 0.15) is 36.0 Å². The molecule has 0 aliphatic carbocycles. The molecule has 0 aromatic heterocycles. The summed E-state index contributed by atoms with van der Waals surface area (Å²) in [4.78, 5) is 14.7. The molecule has 1 amide bonds. The Balaban J connectivity index is 1.47. The van der Waals surface area contributed by atoms with Crippen LogP contribution in [0.3, 0.4) is 0 Å². The summed E-state index contributed by atoms with van der Waals surface area (Å²) in [6, 6.07) is 12.8. The van der Waals surface area contributed by atoms with E-state index in [1.165, 1.54) is 5.56 Å². The van der Waals surface area contributed by atoms with E-state index in [4.69, 9.17) is 4.74 Å². The van der Waals surface area contributed by atoms with Crippen molar-refractivity contribution in [2.75, 3.05) is 26.2 Å². The summed E-state index contributed by atoms with van der Waals surface area (Å²) in [6.07, 6.45) is 2.09. The number of amides is 1. The number of aryl methyl sites for hydroxylation is 3. The molecule has 0 saturated carbocycles. The summed E-state index contributed by atoms with van der Waals surface area (Å²) in [5.74, 6) is 0.967. The zero-order chi connectivity index (χ0) is 22.4. The number of likely N-dealkylation sites (tertiary alicyclic amines) is 1. The lowest BCUT2D eigenvalue weighted by molar-refractivity contribution is -0.133. The normalized spacial score (nSPS) is 16.9. The third-order valence-corrected chi connectivity index (χ3v) is 7.11. The van der Waals surface area contributed by atoms with Gasteiger partial charge in [-0.3, -0.25) is 4.79 Å². The highest BCUT2D eigenvalue weighted by atomic mass is 32.2. The van der Waals surface area contributed by atoms with Crippen LogP contribution < -0.4 is 9.46 Å². The SMILES string of the molecule is Cc1ccc(S(=O)(=O)NCC2CCCN(C(=O)CCOc3ccc(C)cc3C)C2)cc1. The number of nitrogens with zero attached hydrogens (tertiary/aromatic N) is 1. The zero-order valence-corrected chi connectivity index (χ0v) is 19.4. The number of piperidine rings is 1.